The number of ether oxygens (including phenoxy) is 3. The molecule has 24 heavy (non-hydrogen) atoms. The van der Waals surface area contributed by atoms with Crippen LogP contribution in [0.5, 0.6) is 11.5 Å². The number of benzene rings is 2. The Morgan fingerprint density at radius 2 is 1.83 bits per heavy atom. The minimum atomic E-state index is -0.465. The topological polar surface area (TPSA) is 68.5 Å². The smallest absolute Gasteiger partial charge is 0.337 e. The fraction of sp³-hybridized carbons (Fsp3) is 0.158. The van der Waals surface area contributed by atoms with Crippen LogP contribution in [0, 0.1) is 11.3 Å². The van der Waals surface area contributed by atoms with E-state index in [1.807, 2.05) is 18.2 Å². The summed E-state index contributed by atoms with van der Waals surface area (Å²) in [5.41, 5.74) is 2.01. The second-order valence-electron chi connectivity index (χ2n) is 4.85. The number of esters is 1. The normalized spacial score (nSPS) is 10.8. The SMILES string of the molecule is COCC(=O)Oc1ccc(/C=C(/C#N)c2ccccc2OC)cc1. The van der Waals surface area contributed by atoms with Crippen LogP contribution in [0.15, 0.2) is 48.5 Å². The summed E-state index contributed by atoms with van der Waals surface area (Å²) in [6.45, 7) is -0.103. The maximum atomic E-state index is 11.4. The van der Waals surface area contributed by atoms with Crippen LogP contribution in [0.2, 0.25) is 0 Å². The standard InChI is InChI=1S/C19H17NO4/c1-22-13-19(21)24-16-9-7-14(8-10-16)11-15(12-20)17-5-3-4-6-18(17)23-2/h3-11H,13H2,1-2H3/b15-11-. The van der Waals surface area contributed by atoms with Crippen molar-refractivity contribution in [2.75, 3.05) is 20.8 Å². The summed E-state index contributed by atoms with van der Waals surface area (Å²) in [6.07, 6.45) is 1.75. The summed E-state index contributed by atoms with van der Waals surface area (Å²) < 4.78 is 15.1. The number of nitriles is 1. The van der Waals surface area contributed by atoms with Crippen LogP contribution in [0.3, 0.4) is 0 Å². The van der Waals surface area contributed by atoms with Gasteiger partial charge < -0.3 is 14.2 Å². The Labute approximate surface area is 140 Å². The number of allylic oxidation sites excluding steroid dienone is 1. The molecule has 0 amide bonds. The minimum absolute atomic E-state index is 0.103. The Morgan fingerprint density at radius 3 is 2.46 bits per heavy atom. The quantitative estimate of drug-likeness (QED) is 0.353. The molecule has 0 unspecified atom stereocenters. The fourth-order valence-corrected chi connectivity index (χ4v) is 2.11. The molecule has 0 atom stereocenters. The van der Waals surface area contributed by atoms with Crippen LogP contribution in [-0.2, 0) is 9.53 Å². The van der Waals surface area contributed by atoms with Crippen molar-refractivity contribution in [1.29, 1.82) is 5.26 Å². The average Bonchev–Trinajstić information content (AvgIpc) is 2.61. The molecule has 0 saturated carbocycles. The Bertz CT molecular complexity index is 773. The number of rotatable bonds is 6. The number of hydrogen-bond acceptors (Lipinski definition) is 5. The molecule has 0 bridgehead atoms. The average molecular weight is 323 g/mol. The van der Waals surface area contributed by atoms with Gasteiger partial charge in [-0.15, -0.1) is 0 Å². The van der Waals surface area contributed by atoms with Gasteiger partial charge in [0.2, 0.25) is 0 Å². The van der Waals surface area contributed by atoms with E-state index in [1.54, 1.807) is 43.5 Å². The van der Waals surface area contributed by atoms with E-state index in [0.717, 1.165) is 11.1 Å². The van der Waals surface area contributed by atoms with Gasteiger partial charge in [0.25, 0.3) is 0 Å². The lowest BCUT2D eigenvalue weighted by Gasteiger charge is -2.07. The van der Waals surface area contributed by atoms with Crippen LogP contribution in [0.25, 0.3) is 11.6 Å². The van der Waals surface area contributed by atoms with Crippen LogP contribution in [-0.4, -0.2) is 26.8 Å². The maximum Gasteiger partial charge on any atom is 0.337 e. The number of methoxy groups -OCH3 is 2. The molecule has 5 nitrogen and oxygen atoms in total. The third-order valence-corrected chi connectivity index (χ3v) is 3.20. The molecule has 0 heterocycles. The lowest BCUT2D eigenvalue weighted by atomic mass is 10.0. The van der Waals surface area contributed by atoms with Crippen molar-refractivity contribution in [3.8, 4) is 17.6 Å². The maximum absolute atomic E-state index is 11.4. The summed E-state index contributed by atoms with van der Waals surface area (Å²) in [5, 5.41) is 9.44. The predicted octanol–water partition coefficient (Wildman–Crippen LogP) is 3.31. The van der Waals surface area contributed by atoms with Crippen molar-refractivity contribution in [1.82, 2.24) is 0 Å². The molecule has 5 heteroatoms. The first-order valence-electron chi connectivity index (χ1n) is 7.22. The summed E-state index contributed by atoms with van der Waals surface area (Å²) >= 11 is 0. The molecular weight excluding hydrogens is 306 g/mol. The predicted molar refractivity (Wildman–Crippen MR) is 90.4 cm³/mol. The molecule has 2 aromatic carbocycles. The second kappa shape index (κ2) is 8.51. The first kappa shape index (κ1) is 17.3. The molecule has 122 valence electrons. The number of para-hydroxylation sites is 1. The molecule has 0 saturated heterocycles. The highest BCUT2D eigenvalue weighted by Gasteiger charge is 2.08. The van der Waals surface area contributed by atoms with Crippen molar-refractivity contribution < 1.29 is 19.0 Å². The van der Waals surface area contributed by atoms with Gasteiger partial charge in [-0.1, -0.05) is 24.3 Å². The van der Waals surface area contributed by atoms with Gasteiger partial charge in [0.15, 0.2) is 0 Å². The van der Waals surface area contributed by atoms with Crippen molar-refractivity contribution in [3.63, 3.8) is 0 Å². The zero-order valence-corrected chi connectivity index (χ0v) is 13.5. The van der Waals surface area contributed by atoms with Crippen LogP contribution in [0.4, 0.5) is 0 Å². The first-order chi connectivity index (χ1) is 11.7. The summed E-state index contributed by atoms with van der Waals surface area (Å²) in [4.78, 5) is 11.4. The molecule has 2 aromatic rings. The number of carbonyl (C=O) groups excluding carboxylic acids is 1. The second-order valence-corrected chi connectivity index (χ2v) is 4.85. The number of hydrogen-bond donors (Lipinski definition) is 0. The molecule has 0 aliphatic heterocycles. The Kier molecular flexibility index (Phi) is 6.12. The third kappa shape index (κ3) is 4.45. The van der Waals surface area contributed by atoms with E-state index in [4.69, 9.17) is 14.2 Å². The van der Waals surface area contributed by atoms with E-state index >= 15 is 0 Å². The third-order valence-electron chi connectivity index (χ3n) is 3.20. The minimum Gasteiger partial charge on any atom is -0.496 e. The van der Waals surface area contributed by atoms with Crippen LogP contribution in [0.1, 0.15) is 11.1 Å². The monoisotopic (exact) mass is 323 g/mol. The molecule has 0 aliphatic carbocycles. The van der Waals surface area contributed by atoms with Gasteiger partial charge in [0, 0.05) is 12.7 Å². The number of carbonyl (C=O) groups is 1. The molecule has 0 aliphatic rings. The van der Waals surface area contributed by atoms with E-state index in [2.05, 4.69) is 6.07 Å². The van der Waals surface area contributed by atoms with E-state index in [1.165, 1.54) is 7.11 Å². The summed E-state index contributed by atoms with van der Waals surface area (Å²) in [6, 6.07) is 16.4. The highest BCUT2D eigenvalue weighted by Crippen LogP contribution is 2.27. The molecule has 2 rings (SSSR count). The fourth-order valence-electron chi connectivity index (χ4n) is 2.11. The molecule has 0 aromatic heterocycles. The Hall–Kier alpha value is -3.10. The van der Waals surface area contributed by atoms with Gasteiger partial charge in [-0.05, 0) is 35.9 Å². The molecule has 0 spiro atoms. The lowest BCUT2D eigenvalue weighted by molar-refractivity contribution is -0.138. The van der Waals surface area contributed by atoms with Gasteiger partial charge >= 0.3 is 5.97 Å². The van der Waals surface area contributed by atoms with E-state index in [9.17, 15) is 10.1 Å². The van der Waals surface area contributed by atoms with Crippen molar-refractivity contribution in [3.05, 3.63) is 59.7 Å². The van der Waals surface area contributed by atoms with Crippen molar-refractivity contribution in [2.45, 2.75) is 0 Å². The van der Waals surface area contributed by atoms with E-state index in [-0.39, 0.29) is 6.61 Å². The molecule has 0 radical (unpaired) electrons. The summed E-state index contributed by atoms with van der Waals surface area (Å²) in [5.74, 6) is 0.591. The highest BCUT2D eigenvalue weighted by molar-refractivity contribution is 5.91. The van der Waals surface area contributed by atoms with Crippen LogP contribution >= 0.6 is 0 Å². The van der Waals surface area contributed by atoms with E-state index < -0.39 is 5.97 Å². The van der Waals surface area contributed by atoms with Crippen LogP contribution < -0.4 is 9.47 Å². The van der Waals surface area contributed by atoms with E-state index in [0.29, 0.717) is 17.1 Å². The van der Waals surface area contributed by atoms with Gasteiger partial charge in [0.1, 0.15) is 18.1 Å². The van der Waals surface area contributed by atoms with Crippen molar-refractivity contribution in [2.24, 2.45) is 0 Å². The Balaban J connectivity index is 2.23. The van der Waals surface area contributed by atoms with Crippen molar-refractivity contribution >= 4 is 17.6 Å². The first-order valence-corrected chi connectivity index (χ1v) is 7.22. The molecule has 0 fully saturated rings. The molecule has 0 N–H and O–H groups in total. The van der Waals surface area contributed by atoms with Gasteiger partial charge in [0.05, 0.1) is 18.8 Å². The largest absolute Gasteiger partial charge is 0.496 e. The van der Waals surface area contributed by atoms with Gasteiger partial charge in [-0.25, -0.2) is 4.79 Å². The Morgan fingerprint density at radius 1 is 1.12 bits per heavy atom. The van der Waals surface area contributed by atoms with Gasteiger partial charge in [-0.3, -0.25) is 0 Å². The number of nitrogens with zero attached hydrogens (tertiary/aromatic N) is 1. The zero-order chi connectivity index (χ0) is 17.4. The summed E-state index contributed by atoms with van der Waals surface area (Å²) in [7, 11) is 2.99. The highest BCUT2D eigenvalue weighted by atomic mass is 16.6. The van der Waals surface area contributed by atoms with Gasteiger partial charge in [-0.2, -0.15) is 5.26 Å². The lowest BCUT2D eigenvalue weighted by Crippen LogP contribution is -2.13. The molecular formula is C19H17NO4. The zero-order valence-electron chi connectivity index (χ0n) is 13.5.